The lowest BCUT2D eigenvalue weighted by molar-refractivity contribution is 0.741. The van der Waals surface area contributed by atoms with Gasteiger partial charge in [-0.1, -0.05) is 144 Å². The molecule has 38 heavy (non-hydrogen) atoms. The van der Waals surface area contributed by atoms with Crippen LogP contribution in [0.4, 0.5) is 0 Å². The highest BCUT2D eigenvalue weighted by atomic mass is 31.1. The number of hydrogen-bond donors (Lipinski definition) is 0. The van der Waals surface area contributed by atoms with Crippen LogP contribution in [-0.2, 0) is 0 Å². The van der Waals surface area contributed by atoms with Crippen molar-refractivity contribution in [3.63, 3.8) is 0 Å². The maximum absolute atomic E-state index is 2.59. The summed E-state index contributed by atoms with van der Waals surface area (Å²) in [6, 6.07) is 45.9. The Morgan fingerprint density at radius 3 is 0.921 bits per heavy atom. The average molecular weight is 535 g/mol. The molecule has 0 bridgehead atoms. The molecule has 2 aliphatic rings. The van der Waals surface area contributed by atoms with Gasteiger partial charge in [0, 0.05) is 22.6 Å². The topological polar surface area (TPSA) is 0 Å². The predicted octanol–water partition coefficient (Wildman–Crippen LogP) is 11.1. The fraction of sp³-hybridized carbons (Fsp3) is 0.333. The van der Waals surface area contributed by atoms with Crippen molar-refractivity contribution in [1.29, 1.82) is 0 Å². The zero-order valence-corrected chi connectivity index (χ0v) is 24.4. The molecule has 0 nitrogen and oxygen atoms in total. The third-order valence-electron chi connectivity index (χ3n) is 8.81. The maximum Gasteiger partial charge on any atom is 0.00477 e. The van der Waals surface area contributed by atoms with Gasteiger partial charge in [-0.25, -0.2) is 0 Å². The highest BCUT2D eigenvalue weighted by Gasteiger charge is 2.41. The molecule has 2 fully saturated rings. The monoisotopic (exact) mass is 534 g/mol. The van der Waals surface area contributed by atoms with Crippen molar-refractivity contribution in [1.82, 2.24) is 0 Å². The van der Waals surface area contributed by atoms with Gasteiger partial charge in [0.05, 0.1) is 0 Å². The summed E-state index contributed by atoms with van der Waals surface area (Å²) in [5.41, 5.74) is 9.30. The first-order valence-electron chi connectivity index (χ1n) is 14.5. The number of rotatable bonds is 8. The van der Waals surface area contributed by atoms with E-state index in [1.54, 1.807) is 22.3 Å². The second-order valence-electron chi connectivity index (χ2n) is 11.4. The Kier molecular flexibility index (Phi) is 8.40. The Morgan fingerprint density at radius 1 is 0.447 bits per heavy atom. The first-order chi connectivity index (χ1) is 18.8. The van der Waals surface area contributed by atoms with E-state index >= 15 is 0 Å². The summed E-state index contributed by atoms with van der Waals surface area (Å²) in [5, 5.41) is 0. The van der Waals surface area contributed by atoms with E-state index in [0.717, 1.165) is 28.6 Å². The van der Waals surface area contributed by atoms with Gasteiger partial charge in [-0.15, -0.1) is 0 Å². The van der Waals surface area contributed by atoms with Gasteiger partial charge < -0.3 is 0 Å². The first kappa shape index (κ1) is 26.0. The normalized spacial score (nSPS) is 24.3. The molecule has 6 rings (SSSR count). The van der Waals surface area contributed by atoms with E-state index in [1.165, 1.54) is 38.0 Å². The third kappa shape index (κ3) is 5.69. The molecule has 0 spiro atoms. The smallest absolute Gasteiger partial charge is 0.00477 e. The van der Waals surface area contributed by atoms with Crippen molar-refractivity contribution in [2.45, 2.75) is 55.2 Å². The van der Waals surface area contributed by atoms with E-state index in [-0.39, 0.29) is 15.8 Å². The molecular formula is C36H40P2. The van der Waals surface area contributed by atoms with E-state index in [4.69, 9.17) is 0 Å². The van der Waals surface area contributed by atoms with Crippen molar-refractivity contribution in [3.05, 3.63) is 144 Å². The molecule has 2 heteroatoms. The van der Waals surface area contributed by atoms with Crippen LogP contribution in [-0.4, -0.2) is 12.3 Å². The maximum atomic E-state index is 2.59. The zero-order valence-electron chi connectivity index (χ0n) is 22.6. The number of hydrogen-bond acceptors (Lipinski definition) is 0. The fourth-order valence-corrected chi connectivity index (χ4v) is 15.1. The van der Waals surface area contributed by atoms with Gasteiger partial charge in [-0.2, -0.15) is 0 Å². The molecule has 4 aromatic rings. The number of benzene rings is 4. The van der Waals surface area contributed by atoms with Crippen molar-refractivity contribution >= 4 is 15.8 Å². The molecule has 4 atom stereocenters. The average Bonchev–Trinajstić information content (AvgIpc) is 3.59. The van der Waals surface area contributed by atoms with Gasteiger partial charge in [0.25, 0.3) is 0 Å². The Bertz CT molecular complexity index is 1060. The fourth-order valence-electron chi connectivity index (χ4n) is 7.15. The lowest BCUT2D eigenvalue weighted by Crippen LogP contribution is -2.11. The summed E-state index contributed by atoms with van der Waals surface area (Å²) in [5.74, 6) is 0.762. The molecule has 0 N–H and O–H groups in total. The Balaban J connectivity index is 1.26. The molecule has 0 amide bonds. The Labute approximate surface area is 232 Å². The zero-order chi connectivity index (χ0) is 25.7. The minimum Gasteiger partial charge on any atom is -0.0911 e. The van der Waals surface area contributed by atoms with Crippen LogP contribution in [0.15, 0.2) is 121 Å². The largest absolute Gasteiger partial charge is 0.0911 e. The van der Waals surface area contributed by atoms with Crippen LogP contribution in [0.5, 0.6) is 0 Å². The van der Waals surface area contributed by atoms with Crippen molar-refractivity contribution in [2.24, 2.45) is 5.92 Å². The van der Waals surface area contributed by atoms with Crippen LogP contribution < -0.4 is 0 Å². The van der Waals surface area contributed by atoms with Gasteiger partial charge in [-0.3, -0.25) is 0 Å². The SMILES string of the molecule is CC(CP1[C@H](c2ccccc2)CC[C@H]1c1ccccc1)CP1[C@H](c2ccccc2)CC[C@H]1c1ccccc1. The van der Waals surface area contributed by atoms with Crippen molar-refractivity contribution < 1.29 is 0 Å². The van der Waals surface area contributed by atoms with E-state index in [0.29, 0.717) is 0 Å². The summed E-state index contributed by atoms with van der Waals surface area (Å²) in [6.07, 6.45) is 8.17. The summed E-state index contributed by atoms with van der Waals surface area (Å²) >= 11 is 0. The van der Waals surface area contributed by atoms with Crippen LogP contribution in [0.1, 0.15) is 77.5 Å². The standard InChI is InChI=1S/C36H40P2/c1-28(26-37-33(29-14-6-2-7-15-29)22-23-34(37)30-16-8-3-9-17-30)27-38-35(31-18-10-4-11-19-31)24-25-36(38)32-20-12-5-13-21-32/h2-21,28,33-36H,22-27H2,1H3/t33-,34-,35-,36-/m0/s1. The van der Waals surface area contributed by atoms with Gasteiger partial charge in [0.15, 0.2) is 0 Å². The molecule has 2 saturated heterocycles. The first-order valence-corrected chi connectivity index (χ1v) is 17.8. The lowest BCUT2D eigenvalue weighted by Gasteiger charge is -2.33. The molecule has 4 aromatic carbocycles. The quantitative estimate of drug-likeness (QED) is 0.197. The molecule has 0 unspecified atom stereocenters. The molecule has 2 aliphatic heterocycles. The third-order valence-corrected chi connectivity index (χ3v) is 16.3. The molecular weight excluding hydrogens is 494 g/mol. The molecule has 0 aliphatic carbocycles. The van der Waals surface area contributed by atoms with Crippen LogP contribution in [0, 0.1) is 5.92 Å². The molecule has 0 saturated carbocycles. The summed E-state index contributed by atoms with van der Waals surface area (Å²) in [6.45, 7) is 2.59. The highest BCUT2D eigenvalue weighted by Crippen LogP contribution is 2.73. The summed E-state index contributed by atoms with van der Waals surface area (Å²) in [7, 11) is -0.222. The van der Waals surface area contributed by atoms with Gasteiger partial charge in [-0.05, 0) is 66.2 Å². The van der Waals surface area contributed by atoms with Gasteiger partial charge in [0.2, 0.25) is 0 Å². The van der Waals surface area contributed by atoms with Crippen molar-refractivity contribution in [3.8, 4) is 0 Å². The minimum absolute atomic E-state index is 0.111. The van der Waals surface area contributed by atoms with Crippen molar-refractivity contribution in [2.75, 3.05) is 12.3 Å². The molecule has 0 aromatic heterocycles. The van der Waals surface area contributed by atoms with E-state index in [2.05, 4.69) is 128 Å². The lowest BCUT2D eigenvalue weighted by atomic mass is 10.0. The molecule has 194 valence electrons. The summed E-state index contributed by atoms with van der Waals surface area (Å²) in [4.78, 5) is 0. The van der Waals surface area contributed by atoms with Crippen LogP contribution >= 0.6 is 15.8 Å². The van der Waals surface area contributed by atoms with E-state index in [9.17, 15) is 0 Å². The second kappa shape index (κ2) is 12.3. The molecule has 2 heterocycles. The van der Waals surface area contributed by atoms with Crippen LogP contribution in [0.2, 0.25) is 0 Å². The van der Waals surface area contributed by atoms with Crippen LogP contribution in [0.25, 0.3) is 0 Å². The molecule has 0 radical (unpaired) electrons. The van der Waals surface area contributed by atoms with Gasteiger partial charge >= 0.3 is 0 Å². The van der Waals surface area contributed by atoms with E-state index in [1.807, 2.05) is 0 Å². The van der Waals surface area contributed by atoms with Crippen LogP contribution in [0.3, 0.4) is 0 Å². The van der Waals surface area contributed by atoms with Gasteiger partial charge in [0.1, 0.15) is 0 Å². The summed E-state index contributed by atoms with van der Waals surface area (Å²) < 4.78 is 0. The van der Waals surface area contributed by atoms with E-state index < -0.39 is 0 Å². The highest BCUT2D eigenvalue weighted by molar-refractivity contribution is 7.59. The predicted molar refractivity (Wildman–Crippen MR) is 168 cm³/mol. The Morgan fingerprint density at radius 2 is 0.684 bits per heavy atom. The Hall–Kier alpha value is -2.26. The second-order valence-corrected chi connectivity index (χ2v) is 16.6. The minimum atomic E-state index is -0.111.